The van der Waals surface area contributed by atoms with Crippen molar-refractivity contribution in [1.29, 1.82) is 0 Å². The van der Waals surface area contributed by atoms with Crippen molar-refractivity contribution in [2.45, 2.75) is 162 Å². The highest BCUT2D eigenvalue weighted by Crippen LogP contribution is 2.45. The van der Waals surface area contributed by atoms with E-state index in [-0.39, 0.29) is 48.2 Å². The molecule has 2 N–H and O–H groups in total. The Bertz CT molecular complexity index is 2890. The Labute approximate surface area is 465 Å². The monoisotopic (exact) mass is 1090 g/mol. The summed E-state index contributed by atoms with van der Waals surface area (Å²) in [6, 6.07) is 7.27. The number of hydrazine groups is 1. The Morgan fingerprint density at radius 2 is 1.79 bits per heavy atom. The Hall–Kier alpha value is -5.14. The van der Waals surface area contributed by atoms with E-state index < -0.39 is 35.1 Å². The number of likely N-dealkylation sites (tertiary alicyclic amines) is 2. The van der Waals surface area contributed by atoms with Gasteiger partial charge in [0.1, 0.15) is 17.7 Å². The number of benzene rings is 1. The number of aryl methyl sites for hydroxylation is 1. The summed E-state index contributed by atoms with van der Waals surface area (Å²) in [6.45, 7) is 25.9. The lowest BCUT2D eigenvalue weighted by atomic mass is 9.84. The number of hydrogen-bond acceptors (Lipinski definition) is 14. The highest BCUT2D eigenvalue weighted by atomic mass is 32.1. The maximum atomic E-state index is 15.2. The average molecular weight is 1090 g/mol. The summed E-state index contributed by atoms with van der Waals surface area (Å²) in [5.74, 6) is -0.534. The molecule has 422 valence electrons. The zero-order valence-corrected chi connectivity index (χ0v) is 48.4. The maximum absolute atomic E-state index is 15.2. The number of carbonyl (C=O) groups excluding carboxylic acids is 4. The molecule has 5 atom stereocenters. The van der Waals surface area contributed by atoms with Gasteiger partial charge in [0.2, 0.25) is 5.91 Å². The van der Waals surface area contributed by atoms with Crippen LogP contribution < -0.4 is 15.6 Å². The predicted molar refractivity (Wildman–Crippen MR) is 303 cm³/mol. The highest BCUT2D eigenvalue weighted by molar-refractivity contribution is 7.10. The van der Waals surface area contributed by atoms with Crippen LogP contribution in [0.3, 0.4) is 0 Å². The molecule has 1 aromatic carbocycles. The Balaban J connectivity index is 0.932. The molecule has 6 bridgehead atoms. The van der Waals surface area contributed by atoms with Crippen LogP contribution >= 0.6 is 11.3 Å². The number of fused-ring (bicyclic) bond motifs is 7. The van der Waals surface area contributed by atoms with Gasteiger partial charge in [-0.05, 0) is 115 Å². The molecule has 11 rings (SSSR count). The van der Waals surface area contributed by atoms with Crippen molar-refractivity contribution in [1.82, 2.24) is 45.0 Å². The third kappa shape index (κ3) is 11.3. The number of amides is 3. The van der Waals surface area contributed by atoms with Crippen LogP contribution in [-0.2, 0) is 48.0 Å². The molecule has 1 aliphatic carbocycles. The van der Waals surface area contributed by atoms with E-state index in [1.54, 1.807) is 5.01 Å². The van der Waals surface area contributed by atoms with Crippen molar-refractivity contribution >= 4 is 51.8 Å². The van der Waals surface area contributed by atoms with Gasteiger partial charge in [0, 0.05) is 104 Å². The summed E-state index contributed by atoms with van der Waals surface area (Å²) in [6.07, 6.45) is 9.46. The van der Waals surface area contributed by atoms with Crippen LogP contribution in [-0.4, -0.2) is 167 Å². The van der Waals surface area contributed by atoms with Crippen molar-refractivity contribution in [3.05, 3.63) is 52.1 Å². The fraction of sp³-hybridized carbons (Fsp3) is 0.667. The molecule has 78 heavy (non-hydrogen) atoms. The molecule has 17 nitrogen and oxygen atoms in total. The normalized spacial score (nSPS) is 26.2. The summed E-state index contributed by atoms with van der Waals surface area (Å²) in [5, 5.41) is 8.81. The van der Waals surface area contributed by atoms with Crippen LogP contribution in [0.4, 0.5) is 10.5 Å². The minimum Gasteiger partial charge on any atom is -0.464 e. The molecule has 9 heterocycles. The second-order valence-electron chi connectivity index (χ2n) is 25.8. The van der Waals surface area contributed by atoms with Gasteiger partial charge in [-0.2, -0.15) is 0 Å². The molecule has 1 saturated carbocycles. The van der Waals surface area contributed by atoms with Gasteiger partial charge in [0.05, 0.1) is 65.9 Å². The van der Waals surface area contributed by atoms with E-state index in [0.29, 0.717) is 51.5 Å². The molecule has 18 heteroatoms. The quantitative estimate of drug-likeness (QED) is 0.163. The number of nitrogens with zero attached hydrogens (tertiary/aromatic N) is 8. The standard InChI is InChI=1S/C60H84N10O7S/c1-9-69-49-17-16-40-27-43(49)45(53(69)44-28-41(31-61-51(44)38(2)3)66-24-23-65-25-26-75-33-42(65)32-66)30-59(7,8)37-76-56(73)46-15-12-20-70(64-46)55(72)47(29-50-62-48(40)34-78-50)63-54(71)52(39-13-10-11-14-39)67-21-18-60(35-67)19-22-68(36-60)57(74)77-58(4,5)6/h16-17,27-28,31,34,38-39,42,46-47,52,64H,9-15,18-26,29-30,32-33,35-37H2,1-8H3,(H,63,71)/t42-,46-,47-,52-,60-/m0/s1. The number of piperazine rings is 1. The van der Waals surface area contributed by atoms with Crippen LogP contribution in [0.1, 0.15) is 129 Å². The van der Waals surface area contributed by atoms with Crippen molar-refractivity contribution in [2.75, 3.05) is 83.6 Å². The van der Waals surface area contributed by atoms with Gasteiger partial charge in [-0.15, -0.1) is 11.3 Å². The molecule has 0 radical (unpaired) electrons. The number of ether oxygens (including phenoxy) is 3. The lowest BCUT2D eigenvalue weighted by molar-refractivity contribution is -0.155. The van der Waals surface area contributed by atoms with E-state index in [9.17, 15) is 9.59 Å². The zero-order chi connectivity index (χ0) is 54.7. The minimum atomic E-state index is -0.944. The number of anilines is 1. The van der Waals surface area contributed by atoms with E-state index >= 15 is 9.59 Å². The third-order valence-electron chi connectivity index (χ3n) is 17.9. The molecule has 6 fully saturated rings. The van der Waals surface area contributed by atoms with Crippen molar-refractivity contribution in [3.8, 4) is 22.5 Å². The number of aromatic nitrogens is 3. The summed E-state index contributed by atoms with van der Waals surface area (Å²) in [7, 11) is 0. The number of pyridine rings is 1. The van der Waals surface area contributed by atoms with Gasteiger partial charge in [0.25, 0.3) is 5.91 Å². The molecule has 0 unspecified atom stereocenters. The number of rotatable bonds is 8. The Morgan fingerprint density at radius 3 is 2.58 bits per heavy atom. The number of morpholine rings is 1. The van der Waals surface area contributed by atoms with Crippen molar-refractivity contribution in [2.24, 2.45) is 16.7 Å². The molecule has 6 aliphatic heterocycles. The first-order valence-electron chi connectivity index (χ1n) is 29.3. The molecular weight excluding hydrogens is 1000 g/mol. The van der Waals surface area contributed by atoms with Gasteiger partial charge in [-0.3, -0.25) is 34.2 Å². The van der Waals surface area contributed by atoms with Crippen molar-refractivity contribution < 1.29 is 33.4 Å². The number of cyclic esters (lactones) is 1. The number of thiazole rings is 1. The van der Waals surface area contributed by atoms with Crippen LogP contribution in [0.2, 0.25) is 0 Å². The average Bonchev–Trinajstić information content (AvgIpc) is 4.44. The molecule has 5 saturated heterocycles. The van der Waals surface area contributed by atoms with Crippen LogP contribution in [0, 0.1) is 16.7 Å². The Morgan fingerprint density at radius 1 is 0.987 bits per heavy atom. The predicted octanol–water partition coefficient (Wildman–Crippen LogP) is 8.03. The summed E-state index contributed by atoms with van der Waals surface area (Å²) in [5.41, 5.74) is 10.6. The lowest BCUT2D eigenvalue weighted by Crippen LogP contribution is -2.62. The molecule has 3 amide bonds. The van der Waals surface area contributed by atoms with Crippen LogP contribution in [0.5, 0.6) is 0 Å². The highest BCUT2D eigenvalue weighted by Gasteiger charge is 2.50. The fourth-order valence-corrected chi connectivity index (χ4v) is 14.8. The van der Waals surface area contributed by atoms with Gasteiger partial charge in [-0.1, -0.05) is 46.6 Å². The van der Waals surface area contributed by atoms with Gasteiger partial charge >= 0.3 is 12.1 Å². The third-order valence-corrected chi connectivity index (χ3v) is 18.8. The summed E-state index contributed by atoms with van der Waals surface area (Å²) < 4.78 is 20.5. The first-order valence-corrected chi connectivity index (χ1v) is 30.2. The largest absolute Gasteiger partial charge is 0.464 e. The van der Waals surface area contributed by atoms with Crippen LogP contribution in [0.25, 0.3) is 33.4 Å². The SMILES string of the molecule is CCn1c(-c2cc(N3CCN4CCOC[C@@H]4C3)cnc2C(C)C)c2c3cc(ccc31)-c1csc(n1)C[C@H](NC(=O)[C@H](C1CCCC1)N1CC[C@]3(CCN(C(=O)OC(C)(C)C)C3)C1)C(=O)N1CCC[C@H](N1)C(=O)OCC(C)(C)C2. The second kappa shape index (κ2) is 22.1. The number of esters is 1. The van der Waals surface area contributed by atoms with Gasteiger partial charge < -0.3 is 33.9 Å². The zero-order valence-electron chi connectivity index (χ0n) is 47.5. The van der Waals surface area contributed by atoms with E-state index in [4.69, 9.17) is 24.2 Å². The van der Waals surface area contributed by atoms with Gasteiger partial charge in [0.15, 0.2) is 0 Å². The lowest BCUT2D eigenvalue weighted by Gasteiger charge is -2.44. The number of hydrogen-bond donors (Lipinski definition) is 2. The molecule has 4 aromatic rings. The Kier molecular flexibility index (Phi) is 15.5. The molecule has 7 aliphatic rings. The second-order valence-corrected chi connectivity index (χ2v) is 26.8. The smallest absolute Gasteiger partial charge is 0.410 e. The van der Waals surface area contributed by atoms with E-state index in [1.807, 2.05) is 25.7 Å². The van der Waals surface area contributed by atoms with Crippen molar-refractivity contribution in [3.63, 3.8) is 0 Å². The fourth-order valence-electron chi connectivity index (χ4n) is 13.9. The number of nitrogens with one attached hydrogen (secondary N) is 2. The van der Waals surface area contributed by atoms with Crippen LogP contribution in [0.15, 0.2) is 35.8 Å². The molecule has 1 spiro atoms. The number of carbonyl (C=O) groups is 4. The summed E-state index contributed by atoms with van der Waals surface area (Å²) >= 11 is 1.50. The van der Waals surface area contributed by atoms with E-state index in [1.165, 1.54) is 16.9 Å². The maximum Gasteiger partial charge on any atom is 0.410 e. The first-order chi connectivity index (χ1) is 37.3. The van der Waals surface area contributed by atoms with E-state index in [2.05, 4.69) is 100 Å². The minimum absolute atomic E-state index is 0.123. The first kappa shape index (κ1) is 54.8. The topological polar surface area (TPSA) is 167 Å². The van der Waals surface area contributed by atoms with E-state index in [0.717, 1.165) is 141 Å². The summed E-state index contributed by atoms with van der Waals surface area (Å²) in [4.78, 5) is 77.4. The molecular formula is C60H84N10O7S. The van der Waals surface area contributed by atoms with Gasteiger partial charge in [-0.25, -0.2) is 15.2 Å². The molecule has 3 aromatic heterocycles.